The third-order valence-corrected chi connectivity index (χ3v) is 7.17. The molecule has 0 amide bonds. The average Bonchev–Trinajstić information content (AvgIpc) is 3.15. The lowest BCUT2D eigenvalue weighted by molar-refractivity contribution is -0.285. The number of ether oxygens (including phenoxy) is 3. The molecule has 3 aromatic carbocycles. The Morgan fingerprint density at radius 3 is 2.35 bits per heavy atom. The van der Waals surface area contributed by atoms with Gasteiger partial charge in [-0.15, -0.1) is 0 Å². The lowest BCUT2D eigenvalue weighted by atomic mass is 9.99. The molecule has 1 fully saturated rings. The maximum Gasteiger partial charge on any atom is 0.307 e. The van der Waals surface area contributed by atoms with Gasteiger partial charge < -0.3 is 55.1 Å². The second-order valence-corrected chi connectivity index (χ2v) is 10.4. The van der Waals surface area contributed by atoms with E-state index in [9.17, 15) is 45.3 Å². The Morgan fingerprint density at radius 2 is 1.63 bits per heavy atom. The predicted octanol–water partition coefficient (Wildman–Crippen LogP) is 1.68. The number of phenols is 2. The van der Waals surface area contributed by atoms with Gasteiger partial charge in [0.1, 0.15) is 36.8 Å². The molecule has 1 heterocycles. The molecule has 0 aliphatic carbocycles. The Morgan fingerprint density at radius 1 is 0.870 bits per heavy atom. The number of aliphatic carboxylic acids is 1. The second-order valence-electron chi connectivity index (χ2n) is 10.4. The number of allylic oxidation sites excluding steroid dienone is 4. The number of aliphatic hydroxyl groups excluding tert-OH is 5. The Hall–Kier alpha value is -4.92. The van der Waals surface area contributed by atoms with Crippen LogP contribution in [0.3, 0.4) is 0 Å². The van der Waals surface area contributed by atoms with Crippen molar-refractivity contribution in [1.82, 2.24) is 0 Å². The van der Waals surface area contributed by atoms with Crippen LogP contribution in [0.1, 0.15) is 16.7 Å². The van der Waals surface area contributed by atoms with Gasteiger partial charge in [-0.25, -0.2) is 0 Å². The highest BCUT2D eigenvalue weighted by atomic mass is 16.6. The molecule has 1 aliphatic heterocycles. The topological polar surface area (TPSA) is 224 Å². The number of hydrogen-bond acceptors (Lipinski definition) is 12. The van der Waals surface area contributed by atoms with E-state index in [0.717, 1.165) is 6.26 Å². The lowest BCUT2D eigenvalue weighted by Gasteiger charge is -2.37. The largest absolute Gasteiger partial charge is 0.516 e. The summed E-state index contributed by atoms with van der Waals surface area (Å²) < 4.78 is 16.6. The third-order valence-electron chi connectivity index (χ3n) is 7.17. The first-order valence-electron chi connectivity index (χ1n) is 14.1. The van der Waals surface area contributed by atoms with Crippen LogP contribution in [0.4, 0.5) is 0 Å². The first-order valence-corrected chi connectivity index (χ1v) is 14.1. The number of aliphatic hydroxyl groups is 5. The summed E-state index contributed by atoms with van der Waals surface area (Å²) in [5, 5.41) is 79.2. The van der Waals surface area contributed by atoms with Crippen LogP contribution in [0, 0.1) is 0 Å². The van der Waals surface area contributed by atoms with Crippen molar-refractivity contribution in [1.29, 1.82) is 0 Å². The average molecular weight is 639 g/mol. The zero-order chi connectivity index (χ0) is 33.4. The fourth-order valence-electron chi connectivity index (χ4n) is 4.79. The Bertz CT molecular complexity index is 1700. The van der Waals surface area contributed by atoms with E-state index < -0.39 is 60.9 Å². The normalized spacial score (nSPS) is 21.8. The van der Waals surface area contributed by atoms with Crippen LogP contribution >= 0.6 is 0 Å². The van der Waals surface area contributed by atoms with E-state index in [0.29, 0.717) is 11.1 Å². The molecule has 46 heavy (non-hydrogen) atoms. The van der Waals surface area contributed by atoms with Gasteiger partial charge in [0.25, 0.3) is 0 Å². The molecule has 0 bridgehead atoms. The van der Waals surface area contributed by atoms with E-state index in [2.05, 4.69) is 0 Å². The quantitative estimate of drug-likeness (QED) is 0.105. The van der Waals surface area contributed by atoms with Crippen molar-refractivity contribution in [3.63, 3.8) is 0 Å². The number of aromatic hydroxyl groups is 2. The van der Waals surface area contributed by atoms with Gasteiger partial charge in [0.2, 0.25) is 5.43 Å². The predicted molar refractivity (Wildman–Crippen MR) is 165 cm³/mol. The summed E-state index contributed by atoms with van der Waals surface area (Å²) in [5.41, 5.74) is 0.368. The van der Waals surface area contributed by atoms with E-state index in [1.807, 2.05) is 0 Å². The van der Waals surface area contributed by atoms with Gasteiger partial charge in [0.05, 0.1) is 24.7 Å². The highest BCUT2D eigenvalue weighted by Gasteiger charge is 2.43. The van der Waals surface area contributed by atoms with Crippen molar-refractivity contribution >= 4 is 22.8 Å². The molecule has 8 N–H and O–H groups in total. The SMILES string of the molecule is O=C(O)Cc1ccc2cc(CCOc3ccc(/C=C/C=C/C=C/O)cc3O)cc(OCC3OC(O)C(O)C(O)C3O)c(=O)c2c1O. The van der Waals surface area contributed by atoms with Crippen LogP contribution in [0.25, 0.3) is 16.8 Å². The zero-order valence-electron chi connectivity index (χ0n) is 24.3. The van der Waals surface area contributed by atoms with Gasteiger partial charge in [-0.1, -0.05) is 48.6 Å². The Balaban J connectivity index is 1.60. The minimum atomic E-state index is -1.82. The third kappa shape index (κ3) is 8.21. The highest BCUT2D eigenvalue weighted by molar-refractivity contribution is 5.91. The number of hydrogen-bond donors (Lipinski definition) is 8. The molecule has 3 aromatic rings. The molecule has 4 rings (SSSR count). The van der Waals surface area contributed by atoms with Gasteiger partial charge in [0.15, 0.2) is 23.5 Å². The highest BCUT2D eigenvalue weighted by Crippen LogP contribution is 2.30. The summed E-state index contributed by atoms with van der Waals surface area (Å²) in [7, 11) is 0. The van der Waals surface area contributed by atoms with Crippen molar-refractivity contribution in [2.45, 2.75) is 43.5 Å². The van der Waals surface area contributed by atoms with E-state index in [1.165, 1.54) is 30.3 Å². The van der Waals surface area contributed by atoms with Gasteiger partial charge in [-0.2, -0.15) is 0 Å². The molecule has 13 heteroatoms. The summed E-state index contributed by atoms with van der Waals surface area (Å²) in [6.45, 7) is -0.515. The minimum absolute atomic E-state index is 0.00260. The van der Waals surface area contributed by atoms with Crippen molar-refractivity contribution in [3.8, 4) is 23.0 Å². The number of fused-ring (bicyclic) bond motifs is 1. The van der Waals surface area contributed by atoms with Gasteiger partial charge in [-0.05, 0) is 40.8 Å². The number of carboxylic acids is 1. The van der Waals surface area contributed by atoms with E-state index in [1.54, 1.807) is 42.5 Å². The molecular formula is C33H34O13. The molecule has 1 saturated heterocycles. The molecule has 13 nitrogen and oxygen atoms in total. The molecule has 5 atom stereocenters. The van der Waals surface area contributed by atoms with Crippen LogP contribution in [0.15, 0.2) is 77.8 Å². The van der Waals surface area contributed by atoms with E-state index in [-0.39, 0.29) is 46.6 Å². The lowest BCUT2D eigenvalue weighted by Crippen LogP contribution is -2.58. The molecule has 0 radical (unpaired) electrons. The molecule has 0 spiro atoms. The molecular weight excluding hydrogens is 604 g/mol. The van der Waals surface area contributed by atoms with Crippen molar-refractivity contribution in [3.05, 3.63) is 99.9 Å². The van der Waals surface area contributed by atoms with Gasteiger partial charge in [-0.3, -0.25) is 9.59 Å². The number of carboxylic acid groups (broad SMARTS) is 1. The van der Waals surface area contributed by atoms with Crippen LogP contribution in [-0.4, -0.2) is 90.7 Å². The second kappa shape index (κ2) is 15.4. The molecule has 0 saturated carbocycles. The standard InChI is InChI=1S/C33H34O13/c34-11-4-2-1-3-5-18-6-9-23(22(35)14-18)44-12-10-19-13-20-7-8-21(16-26(36)37)28(38)27(20)29(39)24(15-19)45-17-25-30(40)31(41)32(42)33(43)46-25/h1-9,11,13-15,25,30-35,38,40-43H,10,12,16-17H2,(H,36,37)/b2-1+,5-3+,11-4+. The van der Waals surface area contributed by atoms with E-state index in [4.69, 9.17) is 19.3 Å². The van der Waals surface area contributed by atoms with Crippen molar-refractivity contribution < 1.29 is 59.9 Å². The first kappa shape index (κ1) is 34.0. The minimum Gasteiger partial charge on any atom is -0.516 e. The van der Waals surface area contributed by atoms with Crippen molar-refractivity contribution in [2.75, 3.05) is 13.2 Å². The van der Waals surface area contributed by atoms with E-state index >= 15 is 0 Å². The van der Waals surface area contributed by atoms with Crippen LogP contribution in [0.2, 0.25) is 0 Å². The van der Waals surface area contributed by atoms with Crippen LogP contribution in [-0.2, 0) is 22.4 Å². The number of benzene rings is 2. The maximum absolute atomic E-state index is 13.6. The summed E-state index contributed by atoms with van der Waals surface area (Å²) in [6.07, 6.45) is 0.388. The molecule has 244 valence electrons. The molecule has 5 unspecified atom stereocenters. The van der Waals surface area contributed by atoms with Crippen LogP contribution < -0.4 is 14.9 Å². The van der Waals surface area contributed by atoms with Gasteiger partial charge >= 0.3 is 5.97 Å². The fourth-order valence-corrected chi connectivity index (χ4v) is 4.79. The van der Waals surface area contributed by atoms with Crippen LogP contribution in [0.5, 0.6) is 23.0 Å². The summed E-state index contributed by atoms with van der Waals surface area (Å²) >= 11 is 0. The Kier molecular flexibility index (Phi) is 11.4. The molecule has 0 aromatic heterocycles. The summed E-state index contributed by atoms with van der Waals surface area (Å²) in [5.74, 6) is -2.01. The van der Waals surface area contributed by atoms with Crippen molar-refractivity contribution in [2.24, 2.45) is 0 Å². The number of carbonyl (C=O) groups is 1. The smallest absolute Gasteiger partial charge is 0.307 e. The monoisotopic (exact) mass is 638 g/mol. The number of rotatable bonds is 12. The Labute approximate surface area is 262 Å². The fraction of sp³-hybridized carbons (Fsp3) is 0.273. The number of phenolic OH excluding ortho intramolecular Hbond substituents is 2. The summed E-state index contributed by atoms with van der Waals surface area (Å²) in [4.78, 5) is 24.9. The zero-order valence-corrected chi connectivity index (χ0v) is 24.3. The first-order chi connectivity index (χ1) is 22.0. The maximum atomic E-state index is 13.6. The summed E-state index contributed by atoms with van der Waals surface area (Å²) in [6, 6.07) is 10.6. The molecule has 1 aliphatic rings. The van der Waals surface area contributed by atoms with Gasteiger partial charge in [0, 0.05) is 12.0 Å².